The minimum absolute atomic E-state index is 0.201. The van der Waals surface area contributed by atoms with Crippen LogP contribution in [0.3, 0.4) is 0 Å². The minimum atomic E-state index is -0.201. The zero-order chi connectivity index (χ0) is 13.5. The molecule has 0 aliphatic carbocycles. The number of benzene rings is 1. The Bertz CT molecular complexity index is 971. The van der Waals surface area contributed by atoms with Crippen molar-refractivity contribution in [2.45, 2.75) is 0 Å². The van der Waals surface area contributed by atoms with Gasteiger partial charge in [0, 0.05) is 18.0 Å². The van der Waals surface area contributed by atoms with Crippen molar-refractivity contribution in [2.24, 2.45) is 0 Å². The fraction of sp³-hybridized carbons (Fsp3) is 0. The summed E-state index contributed by atoms with van der Waals surface area (Å²) in [6.07, 6.45) is 4.90. The van der Waals surface area contributed by atoms with E-state index in [1.165, 1.54) is 10.7 Å². The van der Waals surface area contributed by atoms with E-state index in [2.05, 4.69) is 19.9 Å². The van der Waals surface area contributed by atoms with Gasteiger partial charge in [-0.15, -0.1) is 0 Å². The summed E-state index contributed by atoms with van der Waals surface area (Å²) in [4.78, 5) is 27.6. The van der Waals surface area contributed by atoms with E-state index in [0.29, 0.717) is 16.9 Å². The van der Waals surface area contributed by atoms with Gasteiger partial charge in [-0.1, -0.05) is 30.3 Å². The highest BCUT2D eigenvalue weighted by atomic mass is 16.1. The van der Waals surface area contributed by atoms with E-state index in [1.54, 1.807) is 12.4 Å². The summed E-state index contributed by atoms with van der Waals surface area (Å²) in [5, 5.41) is 0. The molecule has 0 radical (unpaired) electrons. The molecule has 20 heavy (non-hydrogen) atoms. The molecule has 0 bridgehead atoms. The number of imidazole rings is 1. The molecular weight excluding hydrogens is 254 g/mol. The van der Waals surface area contributed by atoms with Crippen LogP contribution in [0.5, 0.6) is 0 Å². The van der Waals surface area contributed by atoms with Crippen LogP contribution in [0.4, 0.5) is 0 Å². The van der Waals surface area contributed by atoms with Crippen molar-refractivity contribution in [1.82, 2.24) is 24.3 Å². The maximum Gasteiger partial charge on any atom is 0.285 e. The molecular formula is C14H9N5O. The Balaban J connectivity index is 2.06. The molecule has 3 aromatic heterocycles. The molecule has 3 heterocycles. The molecule has 0 saturated carbocycles. The first-order valence-corrected chi connectivity index (χ1v) is 6.10. The van der Waals surface area contributed by atoms with Crippen molar-refractivity contribution < 1.29 is 0 Å². The second-order valence-electron chi connectivity index (χ2n) is 4.40. The Kier molecular flexibility index (Phi) is 2.17. The van der Waals surface area contributed by atoms with E-state index in [-0.39, 0.29) is 5.56 Å². The zero-order valence-electron chi connectivity index (χ0n) is 10.3. The molecule has 0 unspecified atom stereocenters. The first-order chi connectivity index (χ1) is 9.83. The van der Waals surface area contributed by atoms with Gasteiger partial charge in [-0.2, -0.15) is 4.98 Å². The minimum Gasteiger partial charge on any atom is -0.339 e. The molecule has 0 amide bonds. The number of fused-ring (bicyclic) bond motifs is 2. The summed E-state index contributed by atoms with van der Waals surface area (Å²) in [5.41, 5.74) is 2.43. The number of hydrogen-bond donors (Lipinski definition) is 1. The maximum absolute atomic E-state index is 12.3. The lowest BCUT2D eigenvalue weighted by molar-refractivity contribution is 1.02. The molecule has 6 nitrogen and oxygen atoms in total. The van der Waals surface area contributed by atoms with Crippen molar-refractivity contribution in [1.29, 1.82) is 0 Å². The van der Waals surface area contributed by atoms with Crippen LogP contribution in [0.2, 0.25) is 0 Å². The lowest BCUT2D eigenvalue weighted by Crippen LogP contribution is -2.16. The topological polar surface area (TPSA) is 75.9 Å². The molecule has 0 atom stereocenters. The second kappa shape index (κ2) is 3.99. The van der Waals surface area contributed by atoms with E-state index in [1.807, 2.05) is 30.3 Å². The predicted octanol–water partition coefficient (Wildman–Crippen LogP) is 1.63. The standard InChI is InChI=1S/C14H9N5O/c20-13-11-12(17-8-16-11)18-14-15-6-10(7-19(13)14)9-4-2-1-3-5-9/h1-8H,(H,16,17). The molecule has 4 rings (SSSR count). The Labute approximate surface area is 112 Å². The van der Waals surface area contributed by atoms with E-state index in [0.717, 1.165) is 11.1 Å². The molecule has 0 saturated heterocycles. The highest BCUT2D eigenvalue weighted by Crippen LogP contribution is 2.17. The number of H-pyrrole nitrogens is 1. The van der Waals surface area contributed by atoms with Crippen LogP contribution in [-0.4, -0.2) is 24.3 Å². The highest BCUT2D eigenvalue weighted by Gasteiger charge is 2.09. The van der Waals surface area contributed by atoms with Gasteiger partial charge in [0.25, 0.3) is 5.56 Å². The van der Waals surface area contributed by atoms with Crippen LogP contribution in [0.25, 0.3) is 28.1 Å². The van der Waals surface area contributed by atoms with E-state index in [9.17, 15) is 4.79 Å². The molecule has 1 aromatic carbocycles. The number of aromatic amines is 1. The highest BCUT2D eigenvalue weighted by molar-refractivity contribution is 5.71. The SMILES string of the molecule is O=c1c2[nH]cnc2nc2ncc(-c3ccccc3)cn12. The summed E-state index contributed by atoms with van der Waals surface area (Å²) < 4.78 is 1.43. The number of nitrogens with zero attached hydrogens (tertiary/aromatic N) is 4. The van der Waals surface area contributed by atoms with Gasteiger partial charge >= 0.3 is 0 Å². The van der Waals surface area contributed by atoms with Crippen molar-refractivity contribution >= 4 is 16.9 Å². The Hall–Kier alpha value is -3.02. The molecule has 4 aromatic rings. The van der Waals surface area contributed by atoms with Gasteiger partial charge in [-0.05, 0) is 5.56 Å². The zero-order valence-corrected chi connectivity index (χ0v) is 10.3. The predicted molar refractivity (Wildman–Crippen MR) is 74.3 cm³/mol. The van der Waals surface area contributed by atoms with Gasteiger partial charge in [0.2, 0.25) is 5.78 Å². The molecule has 0 aliphatic heterocycles. The van der Waals surface area contributed by atoms with Crippen molar-refractivity contribution in [3.8, 4) is 11.1 Å². The summed E-state index contributed by atoms with van der Waals surface area (Å²) in [6.45, 7) is 0. The third kappa shape index (κ3) is 1.51. The first-order valence-electron chi connectivity index (χ1n) is 6.10. The molecule has 0 spiro atoms. The molecule has 96 valence electrons. The average Bonchev–Trinajstić information content (AvgIpc) is 2.97. The van der Waals surface area contributed by atoms with Crippen molar-refractivity contribution in [3.05, 3.63) is 59.4 Å². The third-order valence-electron chi connectivity index (χ3n) is 3.17. The smallest absolute Gasteiger partial charge is 0.285 e. The normalized spacial score (nSPS) is 11.2. The summed E-state index contributed by atoms with van der Waals surface area (Å²) in [6, 6.07) is 9.77. The molecule has 0 aliphatic rings. The van der Waals surface area contributed by atoms with Crippen LogP contribution in [0.1, 0.15) is 0 Å². The van der Waals surface area contributed by atoms with Crippen LogP contribution in [0, 0.1) is 0 Å². The lowest BCUT2D eigenvalue weighted by atomic mass is 10.1. The number of nitrogens with one attached hydrogen (secondary N) is 1. The van der Waals surface area contributed by atoms with Crippen molar-refractivity contribution in [2.75, 3.05) is 0 Å². The summed E-state index contributed by atoms with van der Waals surface area (Å²) in [7, 11) is 0. The number of aromatic nitrogens is 5. The fourth-order valence-electron chi connectivity index (χ4n) is 2.18. The Morgan fingerprint density at radius 2 is 1.90 bits per heavy atom. The first kappa shape index (κ1) is 10.9. The third-order valence-corrected chi connectivity index (χ3v) is 3.17. The van der Waals surface area contributed by atoms with E-state index < -0.39 is 0 Å². The van der Waals surface area contributed by atoms with Crippen LogP contribution < -0.4 is 5.56 Å². The maximum atomic E-state index is 12.3. The Morgan fingerprint density at radius 1 is 1.05 bits per heavy atom. The molecule has 1 N–H and O–H groups in total. The number of rotatable bonds is 1. The molecule has 0 fully saturated rings. The van der Waals surface area contributed by atoms with Gasteiger partial charge in [0.15, 0.2) is 11.2 Å². The van der Waals surface area contributed by atoms with E-state index >= 15 is 0 Å². The van der Waals surface area contributed by atoms with Gasteiger partial charge < -0.3 is 4.98 Å². The van der Waals surface area contributed by atoms with Crippen LogP contribution in [-0.2, 0) is 0 Å². The van der Waals surface area contributed by atoms with Crippen molar-refractivity contribution in [3.63, 3.8) is 0 Å². The van der Waals surface area contributed by atoms with Crippen LogP contribution in [0.15, 0.2) is 53.8 Å². The van der Waals surface area contributed by atoms with E-state index in [4.69, 9.17) is 0 Å². The Morgan fingerprint density at radius 3 is 2.75 bits per heavy atom. The van der Waals surface area contributed by atoms with Gasteiger partial charge in [0.05, 0.1) is 6.33 Å². The second-order valence-corrected chi connectivity index (χ2v) is 4.40. The van der Waals surface area contributed by atoms with Gasteiger partial charge in [-0.25, -0.2) is 14.4 Å². The fourth-order valence-corrected chi connectivity index (χ4v) is 2.18. The summed E-state index contributed by atoms with van der Waals surface area (Å²) >= 11 is 0. The summed E-state index contributed by atoms with van der Waals surface area (Å²) in [5.74, 6) is 0.342. The molecule has 6 heteroatoms. The monoisotopic (exact) mass is 263 g/mol. The van der Waals surface area contributed by atoms with Crippen LogP contribution >= 0.6 is 0 Å². The van der Waals surface area contributed by atoms with Gasteiger partial charge in [-0.3, -0.25) is 4.79 Å². The quantitative estimate of drug-likeness (QED) is 0.566. The van der Waals surface area contributed by atoms with Gasteiger partial charge in [0.1, 0.15) is 0 Å². The largest absolute Gasteiger partial charge is 0.339 e. The number of hydrogen-bond acceptors (Lipinski definition) is 4. The lowest BCUT2D eigenvalue weighted by Gasteiger charge is -2.04. The average molecular weight is 263 g/mol.